The highest BCUT2D eigenvalue weighted by Crippen LogP contribution is 2.20. The molecule has 0 aliphatic rings. The van der Waals surface area contributed by atoms with Gasteiger partial charge in [0.1, 0.15) is 0 Å². The molecular weight excluding hydrogens is 194 g/mol. The van der Waals surface area contributed by atoms with Gasteiger partial charge in [0.15, 0.2) is 11.6 Å². The Morgan fingerprint density at radius 2 is 2.14 bits per heavy atom. The first-order valence-corrected chi connectivity index (χ1v) is 3.55. The first-order chi connectivity index (χ1) is 6.56. The van der Waals surface area contributed by atoms with E-state index in [9.17, 15) is 18.9 Å². The van der Waals surface area contributed by atoms with Gasteiger partial charge in [-0.1, -0.05) is 0 Å². The zero-order chi connectivity index (χ0) is 10.7. The summed E-state index contributed by atoms with van der Waals surface area (Å²) < 4.78 is 25.6. The molecule has 0 bridgehead atoms. The van der Waals surface area contributed by atoms with E-state index in [4.69, 9.17) is 5.26 Å². The third-order valence-corrected chi connectivity index (χ3v) is 1.57. The molecule has 0 radical (unpaired) electrons. The average Bonchev–Trinajstić information content (AvgIpc) is 2.12. The average molecular weight is 198 g/mol. The molecule has 0 spiro atoms. The van der Waals surface area contributed by atoms with E-state index in [0.29, 0.717) is 6.07 Å². The van der Waals surface area contributed by atoms with Crippen molar-refractivity contribution >= 4 is 5.69 Å². The van der Waals surface area contributed by atoms with Crippen LogP contribution in [0.25, 0.3) is 0 Å². The van der Waals surface area contributed by atoms with Gasteiger partial charge < -0.3 is 0 Å². The molecule has 0 atom stereocenters. The molecular formula is C8H4F2N2O2. The van der Waals surface area contributed by atoms with Gasteiger partial charge in [0.05, 0.1) is 23.5 Å². The van der Waals surface area contributed by atoms with Crippen molar-refractivity contribution in [2.45, 2.75) is 6.42 Å². The van der Waals surface area contributed by atoms with Crippen LogP contribution < -0.4 is 0 Å². The minimum Gasteiger partial charge on any atom is -0.258 e. The standard InChI is InChI=1S/C8H4F2N2O2/c9-7-4-6(12(13)14)3-5(1-2-11)8(7)10/h3-4H,1H2. The number of benzene rings is 1. The van der Waals surface area contributed by atoms with E-state index < -0.39 is 28.7 Å². The van der Waals surface area contributed by atoms with Gasteiger partial charge in [0.2, 0.25) is 0 Å². The third kappa shape index (κ3) is 1.82. The number of nitrogens with zero attached hydrogens (tertiary/aromatic N) is 2. The van der Waals surface area contributed by atoms with Gasteiger partial charge in [-0.3, -0.25) is 10.1 Å². The molecule has 1 aromatic carbocycles. The van der Waals surface area contributed by atoms with Crippen LogP contribution in [0, 0.1) is 33.1 Å². The molecule has 14 heavy (non-hydrogen) atoms. The molecule has 0 aliphatic heterocycles. The van der Waals surface area contributed by atoms with Gasteiger partial charge >= 0.3 is 0 Å². The van der Waals surface area contributed by atoms with Gasteiger partial charge in [0.25, 0.3) is 5.69 Å². The zero-order valence-corrected chi connectivity index (χ0v) is 6.83. The molecule has 6 heteroatoms. The van der Waals surface area contributed by atoms with E-state index in [1.54, 1.807) is 6.07 Å². The largest absolute Gasteiger partial charge is 0.272 e. The van der Waals surface area contributed by atoms with Crippen LogP contribution >= 0.6 is 0 Å². The van der Waals surface area contributed by atoms with Gasteiger partial charge in [-0.25, -0.2) is 8.78 Å². The van der Waals surface area contributed by atoms with Gasteiger partial charge in [-0.15, -0.1) is 0 Å². The monoisotopic (exact) mass is 198 g/mol. The first-order valence-electron chi connectivity index (χ1n) is 3.55. The van der Waals surface area contributed by atoms with Crippen LogP contribution in [0.15, 0.2) is 12.1 Å². The van der Waals surface area contributed by atoms with Gasteiger partial charge in [-0.05, 0) is 0 Å². The van der Waals surface area contributed by atoms with Crippen LogP contribution in [0.5, 0.6) is 0 Å². The Morgan fingerprint density at radius 1 is 1.50 bits per heavy atom. The number of rotatable bonds is 2. The van der Waals surface area contributed by atoms with Gasteiger partial charge in [-0.2, -0.15) is 5.26 Å². The minimum absolute atomic E-state index is 0.306. The summed E-state index contributed by atoms with van der Waals surface area (Å²) in [5.74, 6) is -2.53. The number of nitro benzene ring substituents is 1. The summed E-state index contributed by atoms with van der Waals surface area (Å²) in [7, 11) is 0. The molecule has 1 aromatic rings. The molecule has 0 N–H and O–H groups in total. The highest BCUT2D eigenvalue weighted by atomic mass is 19.2. The maximum atomic E-state index is 12.9. The lowest BCUT2D eigenvalue weighted by Crippen LogP contribution is -1.97. The van der Waals surface area contributed by atoms with Crippen LogP contribution in [0.4, 0.5) is 14.5 Å². The lowest BCUT2D eigenvalue weighted by Gasteiger charge is -1.99. The van der Waals surface area contributed by atoms with Crippen LogP contribution in [-0.2, 0) is 6.42 Å². The van der Waals surface area contributed by atoms with Crippen molar-refractivity contribution in [2.24, 2.45) is 0 Å². The van der Waals surface area contributed by atoms with E-state index >= 15 is 0 Å². The number of nitriles is 1. The Bertz CT molecular complexity index is 426. The SMILES string of the molecule is N#CCc1cc([N+](=O)[O-])cc(F)c1F. The van der Waals surface area contributed by atoms with Gasteiger partial charge in [0, 0.05) is 11.6 Å². The topological polar surface area (TPSA) is 66.9 Å². The molecule has 72 valence electrons. The lowest BCUT2D eigenvalue weighted by molar-refractivity contribution is -0.385. The molecule has 0 saturated heterocycles. The highest BCUT2D eigenvalue weighted by Gasteiger charge is 2.16. The summed E-state index contributed by atoms with van der Waals surface area (Å²) in [5, 5.41) is 18.5. The van der Waals surface area contributed by atoms with E-state index in [2.05, 4.69) is 0 Å². The Morgan fingerprint density at radius 3 is 2.64 bits per heavy atom. The Hall–Kier alpha value is -2.03. The van der Waals surface area contributed by atoms with Crippen molar-refractivity contribution in [3.63, 3.8) is 0 Å². The molecule has 0 aliphatic carbocycles. The molecule has 4 nitrogen and oxygen atoms in total. The summed E-state index contributed by atoms with van der Waals surface area (Å²) >= 11 is 0. The smallest absolute Gasteiger partial charge is 0.258 e. The van der Waals surface area contributed by atoms with Crippen LogP contribution in [0.3, 0.4) is 0 Å². The van der Waals surface area contributed by atoms with Crippen molar-refractivity contribution in [1.29, 1.82) is 5.26 Å². The maximum absolute atomic E-state index is 12.9. The Labute approximate surface area is 77.5 Å². The van der Waals surface area contributed by atoms with Crippen LogP contribution in [-0.4, -0.2) is 4.92 Å². The first kappa shape index (κ1) is 10.1. The molecule has 0 heterocycles. The molecule has 0 saturated carbocycles. The second-order valence-corrected chi connectivity index (χ2v) is 2.49. The van der Waals surface area contributed by atoms with E-state index in [0.717, 1.165) is 6.07 Å². The molecule has 1 rings (SSSR count). The Kier molecular flexibility index (Phi) is 2.72. The normalized spacial score (nSPS) is 9.50. The predicted molar refractivity (Wildman–Crippen MR) is 42.3 cm³/mol. The molecule has 0 aromatic heterocycles. The molecule has 0 fully saturated rings. The highest BCUT2D eigenvalue weighted by molar-refractivity contribution is 5.37. The summed E-state index contributed by atoms with van der Waals surface area (Å²) in [6.07, 6.45) is -0.398. The number of nitro groups is 1. The fourth-order valence-electron chi connectivity index (χ4n) is 0.949. The molecule has 0 amide bonds. The number of hydrogen-bond acceptors (Lipinski definition) is 3. The van der Waals surface area contributed by atoms with Crippen molar-refractivity contribution in [3.05, 3.63) is 39.4 Å². The summed E-state index contributed by atoms with van der Waals surface area (Å²) in [4.78, 5) is 9.41. The van der Waals surface area contributed by atoms with Crippen LogP contribution in [0.2, 0.25) is 0 Å². The van der Waals surface area contributed by atoms with E-state index in [1.165, 1.54) is 0 Å². The molecule has 0 unspecified atom stereocenters. The van der Waals surface area contributed by atoms with Crippen molar-refractivity contribution < 1.29 is 13.7 Å². The Balaban J connectivity index is 3.29. The summed E-state index contributed by atoms with van der Waals surface area (Å²) in [6.45, 7) is 0. The van der Waals surface area contributed by atoms with Crippen LogP contribution in [0.1, 0.15) is 5.56 Å². The fourth-order valence-corrected chi connectivity index (χ4v) is 0.949. The lowest BCUT2D eigenvalue weighted by atomic mass is 10.1. The third-order valence-electron chi connectivity index (χ3n) is 1.57. The zero-order valence-electron chi connectivity index (χ0n) is 6.83. The quantitative estimate of drug-likeness (QED) is 0.538. The second kappa shape index (κ2) is 3.79. The van der Waals surface area contributed by atoms with E-state index in [-0.39, 0.29) is 5.56 Å². The number of halogens is 2. The summed E-state index contributed by atoms with van der Waals surface area (Å²) in [5.41, 5.74) is -0.867. The van der Waals surface area contributed by atoms with E-state index in [1.807, 2.05) is 0 Å². The summed E-state index contributed by atoms with van der Waals surface area (Å²) in [6, 6.07) is 2.92. The van der Waals surface area contributed by atoms with Crippen molar-refractivity contribution in [3.8, 4) is 6.07 Å². The van der Waals surface area contributed by atoms with Crippen molar-refractivity contribution in [2.75, 3.05) is 0 Å². The number of non-ortho nitro benzene ring substituents is 1. The van der Waals surface area contributed by atoms with Crippen molar-refractivity contribution in [1.82, 2.24) is 0 Å². The minimum atomic E-state index is -1.32. The predicted octanol–water partition coefficient (Wildman–Crippen LogP) is 1.94. The number of hydrogen-bond donors (Lipinski definition) is 0. The second-order valence-electron chi connectivity index (χ2n) is 2.49. The fraction of sp³-hybridized carbons (Fsp3) is 0.125. The maximum Gasteiger partial charge on any atom is 0.272 e.